The number of thioether (sulfide) groups is 1. The Kier molecular flexibility index (Phi) is 11.4. The number of anilines is 2. The van der Waals surface area contributed by atoms with Gasteiger partial charge in [-0.05, 0) is 56.0 Å². The number of aliphatic carboxylic acids is 1. The Morgan fingerprint density at radius 1 is 1.00 bits per heavy atom. The molecule has 6 N–H and O–H groups in total. The zero-order chi connectivity index (χ0) is 30.6. The summed E-state index contributed by atoms with van der Waals surface area (Å²) in [5.41, 5.74) is 2.14. The van der Waals surface area contributed by atoms with Gasteiger partial charge in [0.05, 0.1) is 6.10 Å². The summed E-state index contributed by atoms with van der Waals surface area (Å²) >= 11 is 1.45. The lowest BCUT2D eigenvalue weighted by Crippen LogP contribution is -2.43. The fourth-order valence-electron chi connectivity index (χ4n) is 3.52. The number of hydrogen-bond acceptors (Lipinski definition) is 10. The minimum Gasteiger partial charge on any atom is -0.480 e. The summed E-state index contributed by atoms with van der Waals surface area (Å²) in [4.78, 5) is 65.3. The Labute approximate surface area is 245 Å². The number of carboxylic acids is 1. The minimum absolute atomic E-state index is 0.00523. The normalized spacial score (nSPS) is 14.4. The predicted molar refractivity (Wildman–Crippen MR) is 159 cm³/mol. The number of amides is 4. The Morgan fingerprint density at radius 2 is 1.69 bits per heavy atom. The van der Waals surface area contributed by atoms with Crippen LogP contribution in [0, 0.1) is 0 Å². The molecule has 0 spiro atoms. The average Bonchev–Trinajstić information content (AvgIpc) is 3.56. The molecule has 222 valence electrons. The van der Waals surface area contributed by atoms with Crippen molar-refractivity contribution in [2.45, 2.75) is 32.4 Å². The van der Waals surface area contributed by atoms with Crippen LogP contribution in [0.3, 0.4) is 0 Å². The van der Waals surface area contributed by atoms with E-state index in [-0.39, 0.29) is 36.8 Å². The summed E-state index contributed by atoms with van der Waals surface area (Å²) in [6, 6.07) is 12.2. The third-order valence-electron chi connectivity index (χ3n) is 5.42. The molecular weight excluding hydrogens is 566 g/mol. The number of nitrogens with zero attached hydrogens (tertiary/aromatic N) is 2. The zero-order valence-electron chi connectivity index (χ0n) is 23.1. The number of carbonyl (C=O) groups excluding carboxylic acids is 4. The van der Waals surface area contributed by atoms with E-state index in [1.54, 1.807) is 62.4 Å². The molecular formula is C27H31N7O7S. The molecule has 0 fully saturated rings. The largest absolute Gasteiger partial charge is 0.480 e. The molecule has 0 saturated heterocycles. The van der Waals surface area contributed by atoms with Crippen LogP contribution in [-0.4, -0.2) is 77.5 Å². The van der Waals surface area contributed by atoms with E-state index in [4.69, 9.17) is 4.74 Å². The van der Waals surface area contributed by atoms with Crippen LogP contribution >= 0.6 is 11.8 Å². The van der Waals surface area contributed by atoms with Crippen LogP contribution in [0.25, 0.3) is 0 Å². The molecule has 0 radical (unpaired) electrons. The standard InChI is InChI=1S/C23H25N5O6.C4H6N2OS/c1-13(2)34-23(33)27-18(21(31)32)10-14-6-8-16(9-7-14)25-20(30)15-4-3-5-17(11-15)26-22-24-12-19(29)28-22;1-8-4-5-2-3(7)6-4/h3-9,11,13,18H,10,12H2,1-2H3,(H,25,30)(H,27,33)(H,31,32)(H2,24,26,28,29);2H2,1H3,(H,5,6,7). The Hall–Kier alpha value is -4.92. The number of hydrogen-bond donors (Lipinski definition) is 6. The molecule has 0 bridgehead atoms. The van der Waals surface area contributed by atoms with Crippen molar-refractivity contribution in [3.8, 4) is 0 Å². The zero-order valence-corrected chi connectivity index (χ0v) is 23.9. The molecule has 2 aliphatic heterocycles. The number of amidine groups is 1. The molecule has 4 amide bonds. The lowest BCUT2D eigenvalue weighted by molar-refractivity contribution is -0.139. The van der Waals surface area contributed by atoms with E-state index in [1.165, 1.54) is 11.8 Å². The first-order chi connectivity index (χ1) is 20.0. The summed E-state index contributed by atoms with van der Waals surface area (Å²) in [6.07, 6.45) is 0.756. The molecule has 4 rings (SSSR count). The van der Waals surface area contributed by atoms with Gasteiger partial charge < -0.3 is 31.1 Å². The molecule has 2 aliphatic rings. The molecule has 1 unspecified atom stereocenters. The lowest BCUT2D eigenvalue weighted by atomic mass is 10.1. The highest BCUT2D eigenvalue weighted by atomic mass is 32.2. The Balaban J connectivity index is 0.000000521. The van der Waals surface area contributed by atoms with Crippen molar-refractivity contribution in [1.29, 1.82) is 0 Å². The number of alkyl carbamates (subject to hydrolysis) is 1. The van der Waals surface area contributed by atoms with Crippen LogP contribution in [0.1, 0.15) is 29.8 Å². The van der Waals surface area contributed by atoms with E-state index in [0.29, 0.717) is 35.0 Å². The van der Waals surface area contributed by atoms with Crippen molar-refractivity contribution in [2.24, 2.45) is 9.98 Å². The molecule has 15 heteroatoms. The molecule has 0 saturated carbocycles. The molecule has 2 aromatic rings. The van der Waals surface area contributed by atoms with E-state index in [2.05, 4.69) is 36.6 Å². The number of rotatable bonds is 8. The van der Waals surface area contributed by atoms with Gasteiger partial charge in [-0.25, -0.2) is 14.6 Å². The maximum atomic E-state index is 12.6. The van der Waals surface area contributed by atoms with Gasteiger partial charge in [0.1, 0.15) is 19.1 Å². The van der Waals surface area contributed by atoms with Crippen molar-refractivity contribution in [3.05, 3.63) is 59.7 Å². The van der Waals surface area contributed by atoms with E-state index in [0.717, 1.165) is 5.17 Å². The van der Waals surface area contributed by atoms with E-state index in [1.807, 2.05) is 6.26 Å². The van der Waals surface area contributed by atoms with Crippen molar-refractivity contribution < 1.29 is 33.8 Å². The number of ether oxygens (including phenoxy) is 1. The first-order valence-electron chi connectivity index (χ1n) is 12.7. The van der Waals surface area contributed by atoms with E-state index in [9.17, 15) is 29.1 Å². The second-order valence-corrected chi connectivity index (χ2v) is 9.93. The van der Waals surface area contributed by atoms with Gasteiger partial charge in [0.25, 0.3) is 5.91 Å². The number of carbonyl (C=O) groups is 5. The van der Waals surface area contributed by atoms with Crippen LogP contribution in [0.15, 0.2) is 58.5 Å². The predicted octanol–water partition coefficient (Wildman–Crippen LogP) is 1.80. The van der Waals surface area contributed by atoms with Crippen LogP contribution < -0.4 is 26.6 Å². The van der Waals surface area contributed by atoms with Gasteiger partial charge in [0.2, 0.25) is 17.8 Å². The van der Waals surface area contributed by atoms with Gasteiger partial charge in [0, 0.05) is 23.4 Å². The summed E-state index contributed by atoms with van der Waals surface area (Å²) in [6.45, 7) is 3.69. The monoisotopic (exact) mass is 597 g/mol. The summed E-state index contributed by atoms with van der Waals surface area (Å²) in [5.74, 6) is -1.43. The fraction of sp³-hybridized carbons (Fsp3) is 0.296. The maximum Gasteiger partial charge on any atom is 0.408 e. The molecule has 2 heterocycles. The number of aliphatic imine (C=N–C) groups is 2. The number of carboxylic acid groups (broad SMARTS) is 1. The number of nitrogens with one attached hydrogen (secondary N) is 5. The fourth-order valence-corrected chi connectivity index (χ4v) is 3.93. The number of benzene rings is 2. The second kappa shape index (κ2) is 15.2. The molecule has 14 nitrogen and oxygen atoms in total. The highest BCUT2D eigenvalue weighted by molar-refractivity contribution is 8.13. The number of guanidine groups is 1. The molecule has 2 aromatic carbocycles. The van der Waals surface area contributed by atoms with Crippen molar-refractivity contribution in [1.82, 2.24) is 16.0 Å². The van der Waals surface area contributed by atoms with Gasteiger partial charge in [0.15, 0.2) is 5.17 Å². The van der Waals surface area contributed by atoms with Gasteiger partial charge in [-0.2, -0.15) is 0 Å². The Bertz CT molecular complexity index is 1390. The minimum atomic E-state index is -1.19. The SMILES string of the molecule is CC(C)OC(=O)NC(Cc1ccc(NC(=O)c2cccc(NC3=NCC(=O)N3)c2)cc1)C(=O)O.CSC1=NCC(=O)N1. The molecule has 1 atom stereocenters. The molecule has 42 heavy (non-hydrogen) atoms. The lowest BCUT2D eigenvalue weighted by Gasteiger charge is -2.16. The summed E-state index contributed by atoms with van der Waals surface area (Å²) in [5, 5.41) is 23.3. The smallest absolute Gasteiger partial charge is 0.408 e. The first kappa shape index (κ1) is 31.6. The van der Waals surface area contributed by atoms with Crippen molar-refractivity contribution in [2.75, 3.05) is 30.0 Å². The maximum absolute atomic E-state index is 12.6. The van der Waals surface area contributed by atoms with Crippen LogP contribution in [0.2, 0.25) is 0 Å². The van der Waals surface area contributed by atoms with Crippen LogP contribution in [0.5, 0.6) is 0 Å². The highest BCUT2D eigenvalue weighted by Crippen LogP contribution is 2.16. The van der Waals surface area contributed by atoms with Gasteiger partial charge in [-0.15, -0.1) is 0 Å². The third kappa shape index (κ3) is 10.2. The van der Waals surface area contributed by atoms with Gasteiger partial charge >= 0.3 is 12.1 Å². The quantitative estimate of drug-likeness (QED) is 0.263. The Morgan fingerprint density at radius 3 is 2.24 bits per heavy atom. The van der Waals surface area contributed by atoms with Gasteiger partial charge in [-0.3, -0.25) is 24.7 Å². The average molecular weight is 598 g/mol. The summed E-state index contributed by atoms with van der Waals surface area (Å²) < 4.78 is 4.93. The van der Waals surface area contributed by atoms with Crippen molar-refractivity contribution >= 4 is 64.0 Å². The highest BCUT2D eigenvalue weighted by Gasteiger charge is 2.22. The third-order valence-corrected chi connectivity index (χ3v) is 6.03. The van der Waals surface area contributed by atoms with E-state index < -0.39 is 18.1 Å². The van der Waals surface area contributed by atoms with Crippen LogP contribution in [0.4, 0.5) is 16.2 Å². The van der Waals surface area contributed by atoms with Crippen LogP contribution in [-0.2, 0) is 25.5 Å². The molecule has 0 aromatic heterocycles. The molecule has 0 aliphatic carbocycles. The first-order valence-corrected chi connectivity index (χ1v) is 13.9. The van der Waals surface area contributed by atoms with Gasteiger partial charge in [-0.1, -0.05) is 30.0 Å². The van der Waals surface area contributed by atoms with Crippen molar-refractivity contribution in [3.63, 3.8) is 0 Å². The summed E-state index contributed by atoms with van der Waals surface area (Å²) in [7, 11) is 0. The van der Waals surface area contributed by atoms with E-state index >= 15 is 0 Å². The second-order valence-electron chi connectivity index (χ2n) is 9.14. The topological polar surface area (TPSA) is 200 Å².